The van der Waals surface area contributed by atoms with Gasteiger partial charge in [-0.15, -0.1) is 0 Å². The number of esters is 1. The number of aryl methyl sites for hydroxylation is 1. The molecular weight excluding hydrogens is 396 g/mol. The summed E-state index contributed by atoms with van der Waals surface area (Å²) in [5.74, 6) is 0.328. The first-order chi connectivity index (χ1) is 15.0. The van der Waals surface area contributed by atoms with Crippen molar-refractivity contribution in [2.45, 2.75) is 33.2 Å². The molecule has 2 aromatic heterocycles. The number of ether oxygens (including phenoxy) is 1. The Kier molecular flexibility index (Phi) is 6.16. The molecule has 1 saturated heterocycles. The van der Waals surface area contributed by atoms with E-state index in [9.17, 15) is 9.59 Å². The third-order valence-corrected chi connectivity index (χ3v) is 5.48. The lowest BCUT2D eigenvalue weighted by Gasteiger charge is -2.31. The molecule has 162 valence electrons. The number of benzene rings is 1. The molecule has 8 nitrogen and oxygen atoms in total. The minimum Gasteiger partial charge on any atom is -0.466 e. The van der Waals surface area contributed by atoms with E-state index in [0.29, 0.717) is 37.1 Å². The first kappa shape index (κ1) is 20.8. The predicted octanol–water partition coefficient (Wildman–Crippen LogP) is 3.32. The highest BCUT2D eigenvalue weighted by atomic mass is 16.5. The van der Waals surface area contributed by atoms with E-state index in [1.807, 2.05) is 49.5 Å². The summed E-state index contributed by atoms with van der Waals surface area (Å²) in [5.41, 5.74) is 2.70. The SMILES string of the molecule is CCOC(=O)[C@@H]1CCCN(C(=O)Cn2cccc2-c2nc(-c3ccc(C)cc3)no2)C1. The number of amides is 1. The van der Waals surface area contributed by atoms with Gasteiger partial charge in [-0.2, -0.15) is 4.98 Å². The Morgan fingerprint density at radius 2 is 2.03 bits per heavy atom. The predicted molar refractivity (Wildman–Crippen MR) is 114 cm³/mol. The van der Waals surface area contributed by atoms with Crippen LogP contribution in [0.5, 0.6) is 0 Å². The van der Waals surface area contributed by atoms with Gasteiger partial charge in [-0.3, -0.25) is 9.59 Å². The lowest BCUT2D eigenvalue weighted by atomic mass is 9.98. The van der Waals surface area contributed by atoms with Gasteiger partial charge in [0.1, 0.15) is 12.2 Å². The van der Waals surface area contributed by atoms with Crippen LogP contribution >= 0.6 is 0 Å². The number of carbonyl (C=O) groups excluding carboxylic acids is 2. The molecule has 0 N–H and O–H groups in total. The molecule has 3 heterocycles. The minimum absolute atomic E-state index is 0.0512. The second-order valence-corrected chi connectivity index (χ2v) is 7.74. The summed E-state index contributed by atoms with van der Waals surface area (Å²) < 4.78 is 12.4. The van der Waals surface area contributed by atoms with Gasteiger partial charge in [-0.25, -0.2) is 0 Å². The molecule has 8 heteroatoms. The van der Waals surface area contributed by atoms with Crippen molar-refractivity contribution >= 4 is 11.9 Å². The number of carbonyl (C=O) groups is 2. The van der Waals surface area contributed by atoms with E-state index < -0.39 is 0 Å². The average Bonchev–Trinajstić information content (AvgIpc) is 3.44. The summed E-state index contributed by atoms with van der Waals surface area (Å²) in [7, 11) is 0. The van der Waals surface area contributed by atoms with E-state index in [0.717, 1.165) is 24.0 Å². The Balaban J connectivity index is 1.46. The summed E-state index contributed by atoms with van der Waals surface area (Å²) in [6.45, 7) is 5.34. The fraction of sp³-hybridized carbons (Fsp3) is 0.391. The molecule has 3 aromatic rings. The number of piperidine rings is 1. The standard InChI is InChI=1S/C23H26N4O4/c1-3-30-23(29)18-6-4-13-27(14-18)20(28)15-26-12-5-7-19(26)22-24-21(25-31-22)17-10-8-16(2)9-11-17/h5,7-12,18H,3-4,6,13-15H2,1-2H3/t18-/m1/s1. The zero-order valence-electron chi connectivity index (χ0n) is 17.8. The van der Waals surface area contributed by atoms with Crippen LogP contribution in [0.15, 0.2) is 47.1 Å². The van der Waals surface area contributed by atoms with Gasteiger partial charge in [0.05, 0.1) is 12.5 Å². The van der Waals surface area contributed by atoms with E-state index >= 15 is 0 Å². The molecule has 0 radical (unpaired) electrons. The molecule has 0 unspecified atom stereocenters. The van der Waals surface area contributed by atoms with Crippen molar-refractivity contribution in [1.82, 2.24) is 19.6 Å². The minimum atomic E-state index is -0.255. The van der Waals surface area contributed by atoms with Gasteiger partial charge in [-0.1, -0.05) is 35.0 Å². The van der Waals surface area contributed by atoms with Crippen LogP contribution < -0.4 is 0 Å². The number of likely N-dealkylation sites (tertiary alicyclic amines) is 1. The van der Waals surface area contributed by atoms with Crippen molar-refractivity contribution in [3.63, 3.8) is 0 Å². The van der Waals surface area contributed by atoms with Gasteiger partial charge in [0.2, 0.25) is 11.7 Å². The van der Waals surface area contributed by atoms with E-state index in [-0.39, 0.29) is 24.3 Å². The van der Waals surface area contributed by atoms with Crippen molar-refractivity contribution < 1.29 is 18.8 Å². The third-order valence-electron chi connectivity index (χ3n) is 5.48. The van der Waals surface area contributed by atoms with Crippen LogP contribution in [0, 0.1) is 12.8 Å². The quantitative estimate of drug-likeness (QED) is 0.566. The highest BCUT2D eigenvalue weighted by Crippen LogP contribution is 2.24. The molecule has 0 saturated carbocycles. The first-order valence-corrected chi connectivity index (χ1v) is 10.6. The van der Waals surface area contributed by atoms with Crippen LogP contribution in [0.4, 0.5) is 0 Å². The van der Waals surface area contributed by atoms with Gasteiger partial charge in [-0.05, 0) is 38.8 Å². The van der Waals surface area contributed by atoms with Crippen molar-refractivity contribution in [1.29, 1.82) is 0 Å². The van der Waals surface area contributed by atoms with Crippen LogP contribution in [-0.4, -0.2) is 51.2 Å². The van der Waals surface area contributed by atoms with Crippen molar-refractivity contribution in [2.75, 3.05) is 19.7 Å². The van der Waals surface area contributed by atoms with Crippen molar-refractivity contribution in [3.05, 3.63) is 48.2 Å². The molecule has 1 aliphatic rings. The Bertz CT molecular complexity index is 1050. The fourth-order valence-corrected chi connectivity index (χ4v) is 3.80. The van der Waals surface area contributed by atoms with Crippen LogP contribution in [0.2, 0.25) is 0 Å². The summed E-state index contributed by atoms with van der Waals surface area (Å²) in [6, 6.07) is 11.6. The van der Waals surface area contributed by atoms with E-state index in [1.165, 1.54) is 0 Å². The summed E-state index contributed by atoms with van der Waals surface area (Å²) in [5, 5.41) is 4.08. The number of nitrogens with zero attached hydrogens (tertiary/aromatic N) is 4. The summed E-state index contributed by atoms with van der Waals surface area (Å²) in [6.07, 6.45) is 3.36. The second kappa shape index (κ2) is 9.16. The van der Waals surface area contributed by atoms with Gasteiger partial charge in [0.15, 0.2) is 0 Å². The molecular formula is C23H26N4O4. The van der Waals surface area contributed by atoms with E-state index in [1.54, 1.807) is 16.4 Å². The first-order valence-electron chi connectivity index (χ1n) is 10.6. The lowest BCUT2D eigenvalue weighted by molar-refractivity contribution is -0.151. The maximum atomic E-state index is 12.9. The highest BCUT2D eigenvalue weighted by molar-refractivity contribution is 5.79. The van der Waals surface area contributed by atoms with Gasteiger partial charge < -0.3 is 18.7 Å². The van der Waals surface area contributed by atoms with E-state index in [2.05, 4.69) is 10.1 Å². The molecule has 31 heavy (non-hydrogen) atoms. The Labute approximate surface area is 180 Å². The summed E-state index contributed by atoms with van der Waals surface area (Å²) in [4.78, 5) is 31.2. The molecule has 0 aliphatic carbocycles. The van der Waals surface area contributed by atoms with Crippen molar-refractivity contribution in [3.8, 4) is 23.0 Å². The number of hydrogen-bond acceptors (Lipinski definition) is 6. The molecule has 1 aromatic carbocycles. The molecule has 1 aliphatic heterocycles. The zero-order chi connectivity index (χ0) is 21.8. The zero-order valence-corrected chi connectivity index (χ0v) is 17.8. The highest BCUT2D eigenvalue weighted by Gasteiger charge is 2.29. The van der Waals surface area contributed by atoms with Gasteiger partial charge in [0.25, 0.3) is 5.89 Å². The number of rotatable bonds is 6. The fourth-order valence-electron chi connectivity index (χ4n) is 3.80. The monoisotopic (exact) mass is 422 g/mol. The summed E-state index contributed by atoms with van der Waals surface area (Å²) >= 11 is 0. The maximum absolute atomic E-state index is 12.9. The molecule has 1 amide bonds. The normalized spacial score (nSPS) is 16.3. The molecule has 0 spiro atoms. The number of aromatic nitrogens is 3. The lowest BCUT2D eigenvalue weighted by Crippen LogP contribution is -2.44. The third kappa shape index (κ3) is 4.68. The van der Waals surface area contributed by atoms with Crippen LogP contribution in [-0.2, 0) is 20.9 Å². The largest absolute Gasteiger partial charge is 0.466 e. The van der Waals surface area contributed by atoms with E-state index in [4.69, 9.17) is 9.26 Å². The van der Waals surface area contributed by atoms with Gasteiger partial charge >= 0.3 is 5.97 Å². The molecule has 0 bridgehead atoms. The van der Waals surface area contributed by atoms with Crippen LogP contribution in [0.25, 0.3) is 23.0 Å². The molecule has 1 atom stereocenters. The Morgan fingerprint density at radius 3 is 2.81 bits per heavy atom. The molecule has 1 fully saturated rings. The van der Waals surface area contributed by atoms with Gasteiger partial charge in [0, 0.05) is 24.8 Å². The Hall–Kier alpha value is -3.42. The Morgan fingerprint density at radius 1 is 1.23 bits per heavy atom. The van der Waals surface area contributed by atoms with Crippen molar-refractivity contribution in [2.24, 2.45) is 5.92 Å². The smallest absolute Gasteiger partial charge is 0.310 e. The van der Waals surface area contributed by atoms with Crippen LogP contribution in [0.3, 0.4) is 0 Å². The topological polar surface area (TPSA) is 90.5 Å². The second-order valence-electron chi connectivity index (χ2n) is 7.74. The number of hydrogen-bond donors (Lipinski definition) is 0. The molecule has 4 rings (SSSR count). The average molecular weight is 422 g/mol. The van der Waals surface area contributed by atoms with Crippen LogP contribution in [0.1, 0.15) is 25.3 Å². The maximum Gasteiger partial charge on any atom is 0.310 e.